The van der Waals surface area contributed by atoms with Gasteiger partial charge in [-0.05, 0) is 101 Å². The van der Waals surface area contributed by atoms with Gasteiger partial charge in [0.05, 0.1) is 0 Å². The Morgan fingerprint density at radius 1 is 0.328 bits per heavy atom. The standard InChI is InChI=1S/C63H48N3.Ir/c1-44-33-36-65-62(38-44)53-23-19-46(20-24-53)15-17-48-40-49(18-16-47-21-25-54(26-22-47)63-39-45(2)34-37-66-63)42-56(41-48)57-12-6-7-13-58(57)59-32-31-55(61-14-8-9-35-64-61)43-60(59)52-29-27-51(28-30-52)50-10-4-3-5-11-50;/h3-14,19-23,25,27-30,32-43H,15-18H2,1-2H3;/q-3;+3. The Morgan fingerprint density at radius 2 is 0.851 bits per heavy atom. The Labute approximate surface area is 408 Å². The molecule has 3 heterocycles. The first kappa shape index (κ1) is 44.8. The van der Waals surface area contributed by atoms with Gasteiger partial charge in [0.15, 0.2) is 0 Å². The van der Waals surface area contributed by atoms with Crippen LogP contribution in [0.1, 0.15) is 33.4 Å². The van der Waals surface area contributed by atoms with Crippen molar-refractivity contribution in [1.82, 2.24) is 15.0 Å². The van der Waals surface area contributed by atoms with E-state index in [1.165, 1.54) is 55.6 Å². The topological polar surface area (TPSA) is 38.7 Å². The zero-order chi connectivity index (χ0) is 44.7. The molecule has 10 rings (SSSR count). The maximum absolute atomic E-state index is 4.70. The molecule has 0 spiro atoms. The summed E-state index contributed by atoms with van der Waals surface area (Å²) in [6.07, 6.45) is 9.18. The molecule has 0 radical (unpaired) electrons. The number of hydrogen-bond acceptors (Lipinski definition) is 3. The van der Waals surface area contributed by atoms with Crippen LogP contribution in [0, 0.1) is 32.0 Å². The summed E-state index contributed by atoms with van der Waals surface area (Å²) in [5.74, 6) is 0. The van der Waals surface area contributed by atoms with Gasteiger partial charge in [-0.2, -0.15) is 0 Å². The molecule has 0 fully saturated rings. The summed E-state index contributed by atoms with van der Waals surface area (Å²) in [4.78, 5) is 13.9. The van der Waals surface area contributed by atoms with Crippen LogP contribution in [-0.4, -0.2) is 15.0 Å². The van der Waals surface area contributed by atoms with Gasteiger partial charge in [0.25, 0.3) is 0 Å². The fourth-order valence-electron chi connectivity index (χ4n) is 8.76. The van der Waals surface area contributed by atoms with Crippen LogP contribution in [0.15, 0.2) is 207 Å². The summed E-state index contributed by atoms with van der Waals surface area (Å²) in [5, 5.41) is 0. The smallest absolute Gasteiger partial charge is 0.305 e. The van der Waals surface area contributed by atoms with E-state index in [-0.39, 0.29) is 20.1 Å². The molecule has 0 atom stereocenters. The largest absolute Gasteiger partial charge is 3.00 e. The Bertz CT molecular complexity index is 3120. The van der Waals surface area contributed by atoms with Gasteiger partial charge in [-0.25, -0.2) is 0 Å². The third kappa shape index (κ3) is 10.7. The van der Waals surface area contributed by atoms with Gasteiger partial charge in [-0.1, -0.05) is 162 Å². The number of aryl methyl sites for hydroxylation is 6. The van der Waals surface area contributed by atoms with E-state index in [9.17, 15) is 0 Å². The quantitative estimate of drug-likeness (QED) is 0.108. The normalized spacial score (nSPS) is 11.0. The first-order chi connectivity index (χ1) is 32.5. The van der Waals surface area contributed by atoms with E-state index in [1.54, 1.807) is 0 Å². The molecule has 0 unspecified atom stereocenters. The third-order valence-corrected chi connectivity index (χ3v) is 12.3. The molecule has 7 aromatic carbocycles. The third-order valence-electron chi connectivity index (χ3n) is 12.3. The maximum atomic E-state index is 4.70. The van der Waals surface area contributed by atoms with Crippen molar-refractivity contribution in [2.24, 2.45) is 0 Å². The van der Waals surface area contributed by atoms with E-state index in [4.69, 9.17) is 4.98 Å². The molecular weight excluding hydrogens is 991 g/mol. The van der Waals surface area contributed by atoms with Crippen LogP contribution in [0.2, 0.25) is 0 Å². The Balaban J connectivity index is 0.00000562. The number of benzene rings is 7. The Kier molecular flexibility index (Phi) is 14.0. The zero-order valence-corrected chi connectivity index (χ0v) is 40.0. The van der Waals surface area contributed by atoms with E-state index < -0.39 is 0 Å². The number of aromatic nitrogens is 3. The molecule has 0 N–H and O–H groups in total. The first-order valence-electron chi connectivity index (χ1n) is 22.7. The van der Waals surface area contributed by atoms with Gasteiger partial charge in [0.2, 0.25) is 0 Å². The Hall–Kier alpha value is -7.36. The molecule has 4 heteroatoms. The monoisotopic (exact) mass is 1040 g/mol. The maximum Gasteiger partial charge on any atom is 3.00 e. The molecule has 0 amide bonds. The first-order valence-corrected chi connectivity index (χ1v) is 22.7. The van der Waals surface area contributed by atoms with Crippen LogP contribution >= 0.6 is 0 Å². The van der Waals surface area contributed by atoms with E-state index in [0.717, 1.165) is 81.7 Å². The second kappa shape index (κ2) is 20.9. The van der Waals surface area contributed by atoms with Gasteiger partial charge in [-0.3, -0.25) is 0 Å². The average molecular weight is 1040 g/mol. The molecule has 0 aliphatic carbocycles. The summed E-state index contributed by atoms with van der Waals surface area (Å²) in [5.41, 5.74) is 22.7. The number of rotatable bonds is 13. The minimum Gasteiger partial charge on any atom is -0.305 e. The second-order valence-electron chi connectivity index (χ2n) is 17.1. The van der Waals surface area contributed by atoms with Crippen LogP contribution in [-0.2, 0) is 45.8 Å². The van der Waals surface area contributed by atoms with E-state index >= 15 is 0 Å². The van der Waals surface area contributed by atoms with Crippen LogP contribution in [0.25, 0.3) is 78.3 Å². The van der Waals surface area contributed by atoms with E-state index in [0.29, 0.717) is 0 Å². The molecule has 67 heavy (non-hydrogen) atoms. The van der Waals surface area contributed by atoms with Crippen molar-refractivity contribution in [3.05, 3.63) is 258 Å². The van der Waals surface area contributed by atoms with Crippen molar-refractivity contribution in [2.75, 3.05) is 0 Å². The molecule has 0 saturated heterocycles. The fourth-order valence-corrected chi connectivity index (χ4v) is 8.76. The van der Waals surface area contributed by atoms with Gasteiger partial charge in [0, 0.05) is 18.6 Å². The van der Waals surface area contributed by atoms with Gasteiger partial charge in [-0.15, -0.1) is 94.5 Å². The van der Waals surface area contributed by atoms with Gasteiger partial charge in [0.1, 0.15) is 0 Å². The summed E-state index contributed by atoms with van der Waals surface area (Å²) < 4.78 is 0. The van der Waals surface area contributed by atoms with Crippen LogP contribution in [0.3, 0.4) is 0 Å². The summed E-state index contributed by atoms with van der Waals surface area (Å²) >= 11 is 0. The SMILES string of the molecule is Cc1ccnc(-c2[c-]cc(CCc3cc(CCc4c[c-]c(-c5cc(C)ccn5)cc4)cc(-c4ccccc4-c4c[c-]c(-c5ccccn5)cc4-c4ccc(-c5ccccc5)cc4)c3)cc2)c1.[Ir+3]. The van der Waals surface area contributed by atoms with Crippen molar-refractivity contribution in [3.63, 3.8) is 0 Å². The van der Waals surface area contributed by atoms with Crippen molar-refractivity contribution in [2.45, 2.75) is 39.5 Å². The van der Waals surface area contributed by atoms with Crippen LogP contribution in [0.4, 0.5) is 0 Å². The minimum atomic E-state index is 0. The molecule has 324 valence electrons. The minimum absolute atomic E-state index is 0. The summed E-state index contributed by atoms with van der Waals surface area (Å²) in [7, 11) is 0. The second-order valence-corrected chi connectivity index (χ2v) is 17.1. The molecule has 0 aliphatic heterocycles. The van der Waals surface area contributed by atoms with E-state index in [1.807, 2.05) is 42.9 Å². The fraction of sp³-hybridized carbons (Fsp3) is 0.0952. The van der Waals surface area contributed by atoms with Crippen molar-refractivity contribution >= 4 is 0 Å². The predicted molar refractivity (Wildman–Crippen MR) is 272 cm³/mol. The molecule has 3 nitrogen and oxygen atoms in total. The van der Waals surface area contributed by atoms with Gasteiger partial charge < -0.3 is 15.0 Å². The summed E-state index contributed by atoms with van der Waals surface area (Å²) in [6, 6.07) is 77.9. The van der Waals surface area contributed by atoms with Crippen molar-refractivity contribution < 1.29 is 20.1 Å². The van der Waals surface area contributed by atoms with Crippen molar-refractivity contribution in [1.29, 1.82) is 0 Å². The number of nitrogens with zero attached hydrogens (tertiary/aromatic N) is 3. The Morgan fingerprint density at radius 3 is 1.42 bits per heavy atom. The van der Waals surface area contributed by atoms with E-state index in [2.05, 4.69) is 206 Å². The predicted octanol–water partition coefficient (Wildman–Crippen LogP) is 15.1. The zero-order valence-electron chi connectivity index (χ0n) is 37.6. The number of pyridine rings is 3. The molecule has 0 aliphatic rings. The molecule has 0 bridgehead atoms. The van der Waals surface area contributed by atoms with Crippen LogP contribution < -0.4 is 0 Å². The molecule has 10 aromatic rings. The summed E-state index contributed by atoms with van der Waals surface area (Å²) in [6.45, 7) is 4.19. The molecule has 3 aromatic heterocycles. The number of hydrogen-bond donors (Lipinski definition) is 0. The van der Waals surface area contributed by atoms with Gasteiger partial charge >= 0.3 is 20.1 Å². The average Bonchev–Trinajstić information content (AvgIpc) is 3.38. The van der Waals surface area contributed by atoms with Crippen LogP contribution in [0.5, 0.6) is 0 Å². The van der Waals surface area contributed by atoms with Crippen molar-refractivity contribution in [3.8, 4) is 78.3 Å². The molecule has 0 saturated carbocycles. The molecular formula is C63H48IrN3.